The number of likely N-dealkylation sites (N-methyl/N-ethyl adjacent to an activating group) is 1. The molecule has 118 valence electrons. The van der Waals surface area contributed by atoms with E-state index in [-0.39, 0.29) is 18.0 Å². The molecule has 0 aliphatic carbocycles. The Morgan fingerprint density at radius 2 is 2.09 bits per heavy atom. The van der Waals surface area contributed by atoms with E-state index in [4.69, 9.17) is 4.74 Å². The highest BCUT2D eigenvalue weighted by molar-refractivity contribution is 5.92. The minimum absolute atomic E-state index is 0.0625. The van der Waals surface area contributed by atoms with Gasteiger partial charge in [0.15, 0.2) is 0 Å². The van der Waals surface area contributed by atoms with Gasteiger partial charge >= 0.3 is 5.97 Å². The number of benzene rings is 1. The molecule has 1 aromatic rings. The maximum Gasteiger partial charge on any atom is 0.337 e. The molecule has 1 aliphatic rings. The van der Waals surface area contributed by atoms with Crippen LogP contribution in [0.1, 0.15) is 28.8 Å². The van der Waals surface area contributed by atoms with Gasteiger partial charge < -0.3 is 14.4 Å². The zero-order chi connectivity index (χ0) is 15.9. The second kappa shape index (κ2) is 7.75. The van der Waals surface area contributed by atoms with Crippen LogP contribution >= 0.6 is 0 Å². The lowest BCUT2D eigenvalue weighted by atomic mass is 10.1. The van der Waals surface area contributed by atoms with Crippen molar-refractivity contribution in [2.45, 2.75) is 18.9 Å². The van der Waals surface area contributed by atoms with Gasteiger partial charge in [0, 0.05) is 26.3 Å². The summed E-state index contributed by atoms with van der Waals surface area (Å²) in [7, 11) is 3.12. The summed E-state index contributed by atoms with van der Waals surface area (Å²) in [6, 6.07) is 6.89. The van der Waals surface area contributed by atoms with E-state index in [2.05, 4.69) is 4.74 Å². The first kappa shape index (κ1) is 16.2. The maximum absolute atomic E-state index is 12.0. The first-order chi connectivity index (χ1) is 10.6. The highest BCUT2D eigenvalue weighted by atomic mass is 16.5. The van der Waals surface area contributed by atoms with Crippen molar-refractivity contribution in [3.8, 4) is 0 Å². The Balaban J connectivity index is 1.89. The van der Waals surface area contributed by atoms with Gasteiger partial charge in [0.25, 0.3) is 0 Å². The summed E-state index contributed by atoms with van der Waals surface area (Å²) in [6.07, 6.45) is 5.49. The van der Waals surface area contributed by atoms with Crippen LogP contribution in [-0.2, 0) is 14.3 Å². The van der Waals surface area contributed by atoms with Crippen LogP contribution in [0, 0.1) is 0 Å². The van der Waals surface area contributed by atoms with Gasteiger partial charge in [-0.1, -0.05) is 12.1 Å². The summed E-state index contributed by atoms with van der Waals surface area (Å²) in [5.74, 6) is -0.435. The number of hydrogen-bond acceptors (Lipinski definition) is 4. The average molecular weight is 303 g/mol. The predicted octanol–water partition coefficient (Wildman–Crippen LogP) is 2.12. The van der Waals surface area contributed by atoms with Crippen molar-refractivity contribution in [2.75, 3.05) is 27.3 Å². The van der Waals surface area contributed by atoms with Crippen LogP contribution in [0.3, 0.4) is 0 Å². The molecular formula is C17H21NO4. The van der Waals surface area contributed by atoms with Crippen molar-refractivity contribution in [1.29, 1.82) is 0 Å². The topological polar surface area (TPSA) is 55.8 Å². The zero-order valence-electron chi connectivity index (χ0n) is 13.0. The van der Waals surface area contributed by atoms with E-state index >= 15 is 0 Å². The third kappa shape index (κ3) is 4.43. The van der Waals surface area contributed by atoms with Crippen LogP contribution in [0.2, 0.25) is 0 Å². The van der Waals surface area contributed by atoms with E-state index in [1.54, 1.807) is 42.3 Å². The molecular weight excluding hydrogens is 282 g/mol. The lowest BCUT2D eigenvalue weighted by Gasteiger charge is -2.19. The molecule has 0 spiro atoms. The lowest BCUT2D eigenvalue weighted by Crippen LogP contribution is -2.32. The number of nitrogens with zero attached hydrogens (tertiary/aromatic N) is 1. The van der Waals surface area contributed by atoms with E-state index < -0.39 is 0 Å². The molecule has 1 saturated heterocycles. The molecule has 0 saturated carbocycles. The number of carbonyl (C=O) groups excluding carboxylic acids is 2. The number of hydrogen-bond donors (Lipinski definition) is 0. The summed E-state index contributed by atoms with van der Waals surface area (Å²) in [5.41, 5.74) is 1.34. The quantitative estimate of drug-likeness (QED) is 0.617. The fraction of sp³-hybridized carbons (Fsp3) is 0.412. The molecule has 1 heterocycles. The number of methoxy groups -OCH3 is 1. The Kier molecular flexibility index (Phi) is 5.72. The van der Waals surface area contributed by atoms with Gasteiger partial charge in [-0.2, -0.15) is 0 Å². The van der Waals surface area contributed by atoms with Crippen LogP contribution < -0.4 is 0 Å². The molecule has 0 N–H and O–H groups in total. The molecule has 1 aromatic carbocycles. The Morgan fingerprint density at radius 1 is 1.36 bits per heavy atom. The molecule has 1 amide bonds. The Labute approximate surface area is 130 Å². The minimum atomic E-state index is -0.372. The van der Waals surface area contributed by atoms with Crippen molar-refractivity contribution in [3.63, 3.8) is 0 Å². The van der Waals surface area contributed by atoms with Crippen molar-refractivity contribution >= 4 is 18.0 Å². The first-order valence-corrected chi connectivity index (χ1v) is 7.33. The summed E-state index contributed by atoms with van der Waals surface area (Å²) < 4.78 is 10.2. The van der Waals surface area contributed by atoms with Crippen molar-refractivity contribution in [1.82, 2.24) is 4.90 Å². The summed E-state index contributed by atoms with van der Waals surface area (Å²) in [4.78, 5) is 25.0. The maximum atomic E-state index is 12.0. The van der Waals surface area contributed by atoms with Crippen LogP contribution in [0.25, 0.3) is 6.08 Å². The SMILES string of the molecule is COC(=O)c1ccc(C=CC(=O)N(C)CC2CCCO2)cc1. The molecule has 1 fully saturated rings. The van der Waals surface area contributed by atoms with Crippen molar-refractivity contribution < 1.29 is 19.1 Å². The number of amides is 1. The minimum Gasteiger partial charge on any atom is -0.465 e. The molecule has 22 heavy (non-hydrogen) atoms. The van der Waals surface area contributed by atoms with Gasteiger partial charge in [-0.25, -0.2) is 4.79 Å². The standard InChI is InChI=1S/C17H21NO4/c1-18(12-15-4-3-11-22-15)16(19)10-7-13-5-8-14(9-6-13)17(20)21-2/h5-10,15H,3-4,11-12H2,1-2H3. The third-order valence-electron chi connectivity index (χ3n) is 3.63. The molecule has 1 atom stereocenters. The van der Waals surface area contributed by atoms with E-state index in [0.717, 1.165) is 25.0 Å². The average Bonchev–Trinajstić information content (AvgIpc) is 3.05. The monoisotopic (exact) mass is 303 g/mol. The summed E-state index contributed by atoms with van der Waals surface area (Å²) in [5, 5.41) is 0. The van der Waals surface area contributed by atoms with Crippen LogP contribution in [0.5, 0.6) is 0 Å². The van der Waals surface area contributed by atoms with Crippen molar-refractivity contribution in [2.24, 2.45) is 0 Å². The predicted molar refractivity (Wildman–Crippen MR) is 83.4 cm³/mol. The van der Waals surface area contributed by atoms with Crippen LogP contribution in [-0.4, -0.2) is 50.2 Å². The van der Waals surface area contributed by atoms with E-state index in [9.17, 15) is 9.59 Å². The molecule has 0 aromatic heterocycles. The second-order valence-corrected chi connectivity index (χ2v) is 5.30. The number of esters is 1. The Hall–Kier alpha value is -2.14. The smallest absolute Gasteiger partial charge is 0.337 e. The first-order valence-electron chi connectivity index (χ1n) is 7.33. The second-order valence-electron chi connectivity index (χ2n) is 5.30. The molecule has 1 aliphatic heterocycles. The summed E-state index contributed by atoms with van der Waals surface area (Å²) in [6.45, 7) is 1.40. The van der Waals surface area contributed by atoms with Gasteiger partial charge in [-0.15, -0.1) is 0 Å². The zero-order valence-corrected chi connectivity index (χ0v) is 13.0. The molecule has 5 nitrogen and oxygen atoms in total. The van der Waals surface area contributed by atoms with E-state index in [0.29, 0.717) is 12.1 Å². The third-order valence-corrected chi connectivity index (χ3v) is 3.63. The Morgan fingerprint density at radius 3 is 2.68 bits per heavy atom. The normalized spacial score (nSPS) is 17.6. The van der Waals surface area contributed by atoms with E-state index in [1.807, 2.05) is 0 Å². The number of rotatable bonds is 5. The Bertz CT molecular complexity index is 544. The van der Waals surface area contributed by atoms with Gasteiger partial charge in [0.1, 0.15) is 0 Å². The highest BCUT2D eigenvalue weighted by Gasteiger charge is 2.18. The summed E-state index contributed by atoms with van der Waals surface area (Å²) >= 11 is 0. The van der Waals surface area contributed by atoms with Crippen LogP contribution in [0.15, 0.2) is 30.3 Å². The van der Waals surface area contributed by atoms with Gasteiger partial charge in [0.2, 0.25) is 5.91 Å². The highest BCUT2D eigenvalue weighted by Crippen LogP contribution is 2.13. The number of carbonyl (C=O) groups is 2. The van der Waals surface area contributed by atoms with Gasteiger partial charge in [-0.05, 0) is 36.6 Å². The largest absolute Gasteiger partial charge is 0.465 e. The molecule has 2 rings (SSSR count). The van der Waals surface area contributed by atoms with Crippen LogP contribution in [0.4, 0.5) is 0 Å². The molecule has 5 heteroatoms. The fourth-order valence-electron chi connectivity index (χ4n) is 2.33. The lowest BCUT2D eigenvalue weighted by molar-refractivity contribution is -0.126. The fourth-order valence-corrected chi connectivity index (χ4v) is 2.33. The van der Waals surface area contributed by atoms with Gasteiger partial charge in [0.05, 0.1) is 18.8 Å². The van der Waals surface area contributed by atoms with Crippen molar-refractivity contribution in [3.05, 3.63) is 41.5 Å². The van der Waals surface area contributed by atoms with Gasteiger partial charge in [-0.3, -0.25) is 4.79 Å². The molecule has 1 unspecified atom stereocenters. The van der Waals surface area contributed by atoms with E-state index in [1.165, 1.54) is 13.2 Å². The molecule has 0 radical (unpaired) electrons. The number of ether oxygens (including phenoxy) is 2. The molecule has 0 bridgehead atoms.